The van der Waals surface area contributed by atoms with E-state index in [1.54, 1.807) is 35.2 Å². The maximum absolute atomic E-state index is 13.0. The second kappa shape index (κ2) is 8.75. The van der Waals surface area contributed by atoms with Crippen molar-refractivity contribution in [2.45, 2.75) is 24.4 Å². The Morgan fingerprint density at radius 3 is 2.76 bits per heavy atom. The molecule has 0 unspecified atom stereocenters. The fourth-order valence-corrected chi connectivity index (χ4v) is 4.44. The van der Waals surface area contributed by atoms with Gasteiger partial charge < -0.3 is 9.30 Å². The number of rotatable bonds is 7. The van der Waals surface area contributed by atoms with Gasteiger partial charge in [-0.15, -0.1) is 21.5 Å². The van der Waals surface area contributed by atoms with E-state index in [1.165, 1.54) is 17.7 Å². The highest BCUT2D eigenvalue weighted by atomic mass is 32.2. The monoisotopic (exact) mass is 426 g/mol. The molecule has 2 aromatic carbocycles. The minimum absolute atomic E-state index is 0.268. The van der Waals surface area contributed by atoms with E-state index in [9.17, 15) is 4.39 Å². The molecule has 0 N–H and O–H groups in total. The number of hydrogen-bond donors (Lipinski definition) is 0. The predicted octanol–water partition coefficient (Wildman–Crippen LogP) is 5.26. The number of thioether (sulfide) groups is 1. The first-order valence-electron chi connectivity index (χ1n) is 8.99. The summed E-state index contributed by atoms with van der Waals surface area (Å²) in [7, 11) is 1.91. The van der Waals surface area contributed by atoms with Crippen LogP contribution in [-0.4, -0.2) is 19.7 Å². The molecular weight excluding hydrogens is 407 g/mol. The first-order chi connectivity index (χ1) is 14.1. The van der Waals surface area contributed by atoms with Gasteiger partial charge in [-0.25, -0.2) is 9.37 Å². The summed E-state index contributed by atoms with van der Waals surface area (Å²) in [5.74, 6) is 1.72. The summed E-state index contributed by atoms with van der Waals surface area (Å²) in [4.78, 5) is 4.74. The third-order valence-electron chi connectivity index (χ3n) is 4.27. The number of ether oxygens (including phenoxy) is 1. The highest BCUT2D eigenvalue weighted by Gasteiger charge is 2.12. The lowest BCUT2D eigenvalue weighted by Gasteiger charge is -2.06. The molecule has 0 bridgehead atoms. The molecule has 29 heavy (non-hydrogen) atoms. The average Bonchev–Trinajstić information content (AvgIpc) is 3.33. The summed E-state index contributed by atoms with van der Waals surface area (Å²) in [6.45, 7) is 2.35. The SMILES string of the molecule is Cc1cccc(-c2nc(CSc3nnc(COc4ccc(F)cc4)n3C)cs2)c1. The topological polar surface area (TPSA) is 52.8 Å². The van der Waals surface area contributed by atoms with Gasteiger partial charge >= 0.3 is 0 Å². The van der Waals surface area contributed by atoms with E-state index in [2.05, 4.69) is 46.8 Å². The third kappa shape index (κ3) is 4.83. The highest BCUT2D eigenvalue weighted by molar-refractivity contribution is 7.98. The Labute approximate surface area is 176 Å². The normalized spacial score (nSPS) is 11.0. The van der Waals surface area contributed by atoms with Crippen molar-refractivity contribution in [1.82, 2.24) is 19.7 Å². The molecule has 0 saturated carbocycles. The Balaban J connectivity index is 1.36. The van der Waals surface area contributed by atoms with Crippen LogP contribution in [0.4, 0.5) is 4.39 Å². The lowest BCUT2D eigenvalue weighted by molar-refractivity contribution is 0.290. The van der Waals surface area contributed by atoms with Crippen LogP contribution in [0, 0.1) is 12.7 Å². The van der Waals surface area contributed by atoms with Gasteiger partial charge in [-0.3, -0.25) is 0 Å². The zero-order valence-corrected chi connectivity index (χ0v) is 17.6. The van der Waals surface area contributed by atoms with Crippen LogP contribution in [-0.2, 0) is 19.4 Å². The molecule has 5 nitrogen and oxygen atoms in total. The van der Waals surface area contributed by atoms with Crippen molar-refractivity contribution in [2.75, 3.05) is 0 Å². The second-order valence-electron chi connectivity index (χ2n) is 6.50. The molecule has 0 spiro atoms. The standard InChI is InChI=1S/C21H19FN4OS2/c1-14-4-3-5-15(10-14)20-23-17(12-28-20)13-29-21-25-24-19(26(21)2)11-27-18-8-6-16(22)7-9-18/h3-10,12H,11,13H2,1-2H3. The molecule has 0 aliphatic heterocycles. The smallest absolute Gasteiger partial charge is 0.191 e. The summed E-state index contributed by atoms with van der Waals surface area (Å²) in [5, 5.41) is 12.3. The predicted molar refractivity (Wildman–Crippen MR) is 114 cm³/mol. The van der Waals surface area contributed by atoms with Gasteiger partial charge in [0.05, 0.1) is 5.69 Å². The summed E-state index contributed by atoms with van der Waals surface area (Å²) in [6.07, 6.45) is 0. The number of aryl methyl sites for hydroxylation is 1. The summed E-state index contributed by atoms with van der Waals surface area (Å²) in [5.41, 5.74) is 3.39. The van der Waals surface area contributed by atoms with Crippen LogP contribution in [0.5, 0.6) is 5.75 Å². The van der Waals surface area contributed by atoms with Crippen LogP contribution in [0.2, 0.25) is 0 Å². The molecule has 148 valence electrons. The zero-order chi connectivity index (χ0) is 20.2. The van der Waals surface area contributed by atoms with Crippen LogP contribution in [0.3, 0.4) is 0 Å². The van der Waals surface area contributed by atoms with Gasteiger partial charge in [-0.05, 0) is 37.3 Å². The van der Waals surface area contributed by atoms with Crippen molar-refractivity contribution >= 4 is 23.1 Å². The second-order valence-corrected chi connectivity index (χ2v) is 8.30. The van der Waals surface area contributed by atoms with Crippen molar-refractivity contribution in [3.05, 3.63) is 76.8 Å². The Morgan fingerprint density at radius 1 is 1.14 bits per heavy atom. The molecule has 0 aliphatic carbocycles. The summed E-state index contributed by atoms with van der Waals surface area (Å²) in [6, 6.07) is 14.3. The van der Waals surface area contributed by atoms with Gasteiger partial charge in [-0.2, -0.15) is 0 Å². The molecule has 0 amide bonds. The average molecular weight is 427 g/mol. The first kappa shape index (κ1) is 19.6. The van der Waals surface area contributed by atoms with E-state index >= 15 is 0 Å². The quantitative estimate of drug-likeness (QED) is 0.378. The molecule has 2 aromatic heterocycles. The number of nitrogens with zero attached hydrogens (tertiary/aromatic N) is 4. The molecule has 0 saturated heterocycles. The number of aromatic nitrogens is 4. The summed E-state index contributed by atoms with van der Waals surface area (Å²) >= 11 is 3.23. The minimum Gasteiger partial charge on any atom is -0.486 e. The lowest BCUT2D eigenvalue weighted by atomic mass is 10.1. The van der Waals surface area contributed by atoms with Gasteiger partial charge in [0.1, 0.15) is 23.2 Å². The molecular formula is C21H19FN4OS2. The molecule has 4 rings (SSSR count). The number of hydrogen-bond acceptors (Lipinski definition) is 6. The lowest BCUT2D eigenvalue weighted by Crippen LogP contribution is -2.04. The maximum Gasteiger partial charge on any atom is 0.191 e. The third-order valence-corrected chi connectivity index (χ3v) is 6.27. The zero-order valence-electron chi connectivity index (χ0n) is 16.0. The van der Waals surface area contributed by atoms with Gasteiger partial charge in [0.2, 0.25) is 0 Å². The van der Waals surface area contributed by atoms with E-state index in [1.807, 2.05) is 11.6 Å². The Kier molecular flexibility index (Phi) is 5.92. The van der Waals surface area contributed by atoms with E-state index in [0.717, 1.165) is 21.4 Å². The highest BCUT2D eigenvalue weighted by Crippen LogP contribution is 2.28. The van der Waals surface area contributed by atoms with Crippen LogP contribution in [0.15, 0.2) is 59.1 Å². The Hall–Kier alpha value is -2.71. The van der Waals surface area contributed by atoms with Crippen molar-refractivity contribution in [3.63, 3.8) is 0 Å². The minimum atomic E-state index is -0.290. The molecule has 0 aliphatic rings. The number of halogens is 1. The molecule has 0 atom stereocenters. The van der Waals surface area contributed by atoms with Crippen molar-refractivity contribution in [3.8, 4) is 16.3 Å². The van der Waals surface area contributed by atoms with E-state index in [-0.39, 0.29) is 12.4 Å². The van der Waals surface area contributed by atoms with Crippen molar-refractivity contribution < 1.29 is 9.13 Å². The van der Waals surface area contributed by atoms with Crippen LogP contribution < -0.4 is 4.74 Å². The number of thiazole rings is 1. The number of benzene rings is 2. The van der Waals surface area contributed by atoms with Gasteiger partial charge in [-0.1, -0.05) is 35.5 Å². The first-order valence-corrected chi connectivity index (χ1v) is 10.9. The fourth-order valence-electron chi connectivity index (χ4n) is 2.70. The van der Waals surface area contributed by atoms with Crippen LogP contribution in [0.1, 0.15) is 17.1 Å². The Bertz CT molecular complexity index is 1110. The molecule has 0 radical (unpaired) electrons. The molecule has 0 fully saturated rings. The van der Waals surface area contributed by atoms with Crippen LogP contribution >= 0.6 is 23.1 Å². The van der Waals surface area contributed by atoms with E-state index < -0.39 is 0 Å². The van der Waals surface area contributed by atoms with Gasteiger partial charge in [0.25, 0.3) is 0 Å². The van der Waals surface area contributed by atoms with Gasteiger partial charge in [0, 0.05) is 23.7 Å². The molecule has 4 aromatic rings. The van der Waals surface area contributed by atoms with E-state index in [0.29, 0.717) is 17.3 Å². The Morgan fingerprint density at radius 2 is 1.97 bits per heavy atom. The summed E-state index contributed by atoms with van der Waals surface area (Å²) < 4.78 is 20.5. The van der Waals surface area contributed by atoms with Gasteiger partial charge in [0.15, 0.2) is 11.0 Å². The fraction of sp³-hybridized carbons (Fsp3) is 0.190. The molecule has 2 heterocycles. The maximum atomic E-state index is 13.0. The van der Waals surface area contributed by atoms with Crippen molar-refractivity contribution in [1.29, 1.82) is 0 Å². The van der Waals surface area contributed by atoms with E-state index in [4.69, 9.17) is 9.72 Å². The largest absolute Gasteiger partial charge is 0.486 e. The van der Waals surface area contributed by atoms with Crippen LogP contribution in [0.25, 0.3) is 10.6 Å². The molecule has 8 heteroatoms. The van der Waals surface area contributed by atoms with Crippen molar-refractivity contribution in [2.24, 2.45) is 7.05 Å².